The standard InChI is InChI=1S/C13H25NO3/c1-13(2)6-3-5-11(13)12(16)14-7-4-9-17-10-8-15/h11,15H,3-10H2,1-2H3,(H,14,16). The average Bonchev–Trinajstić information content (AvgIpc) is 2.63. The molecule has 17 heavy (non-hydrogen) atoms. The molecule has 1 aliphatic carbocycles. The minimum absolute atomic E-state index is 0.0582. The number of ether oxygens (including phenoxy) is 1. The van der Waals surface area contributed by atoms with Crippen molar-refractivity contribution in [2.45, 2.75) is 39.5 Å². The highest BCUT2D eigenvalue weighted by Gasteiger charge is 2.38. The number of nitrogens with one attached hydrogen (secondary N) is 1. The van der Waals surface area contributed by atoms with Crippen LogP contribution >= 0.6 is 0 Å². The number of carbonyl (C=O) groups is 1. The van der Waals surface area contributed by atoms with Gasteiger partial charge in [-0.3, -0.25) is 4.79 Å². The molecule has 0 saturated heterocycles. The van der Waals surface area contributed by atoms with Gasteiger partial charge in [0.15, 0.2) is 0 Å². The van der Waals surface area contributed by atoms with Crippen molar-refractivity contribution in [1.82, 2.24) is 5.32 Å². The van der Waals surface area contributed by atoms with E-state index in [4.69, 9.17) is 9.84 Å². The quantitative estimate of drug-likeness (QED) is 0.663. The molecule has 1 aliphatic rings. The molecular formula is C13H25NO3. The fourth-order valence-electron chi connectivity index (χ4n) is 2.49. The Morgan fingerprint density at radius 1 is 1.47 bits per heavy atom. The molecule has 4 heteroatoms. The normalized spacial score (nSPS) is 22.6. The molecule has 0 aromatic carbocycles. The molecule has 1 fully saturated rings. The molecule has 1 rings (SSSR count). The summed E-state index contributed by atoms with van der Waals surface area (Å²) < 4.78 is 5.13. The Morgan fingerprint density at radius 2 is 2.24 bits per heavy atom. The average molecular weight is 243 g/mol. The third-order valence-electron chi connectivity index (χ3n) is 3.57. The van der Waals surface area contributed by atoms with Gasteiger partial charge in [0, 0.05) is 19.1 Å². The van der Waals surface area contributed by atoms with Crippen LogP contribution < -0.4 is 5.32 Å². The third-order valence-corrected chi connectivity index (χ3v) is 3.57. The molecule has 2 N–H and O–H groups in total. The van der Waals surface area contributed by atoms with Crippen molar-refractivity contribution in [2.75, 3.05) is 26.4 Å². The zero-order chi connectivity index (χ0) is 12.7. The fourth-order valence-corrected chi connectivity index (χ4v) is 2.49. The van der Waals surface area contributed by atoms with Crippen molar-refractivity contribution < 1.29 is 14.6 Å². The lowest BCUT2D eigenvalue weighted by Gasteiger charge is -2.25. The lowest BCUT2D eigenvalue weighted by Crippen LogP contribution is -2.36. The first-order valence-electron chi connectivity index (χ1n) is 6.54. The smallest absolute Gasteiger partial charge is 0.223 e. The maximum Gasteiger partial charge on any atom is 0.223 e. The first kappa shape index (κ1) is 14.5. The van der Waals surface area contributed by atoms with Crippen LogP contribution in [-0.2, 0) is 9.53 Å². The van der Waals surface area contributed by atoms with E-state index in [-0.39, 0.29) is 23.8 Å². The summed E-state index contributed by atoms with van der Waals surface area (Å²) in [6, 6.07) is 0. The second-order valence-corrected chi connectivity index (χ2v) is 5.41. The van der Waals surface area contributed by atoms with Crippen LogP contribution in [-0.4, -0.2) is 37.4 Å². The maximum absolute atomic E-state index is 12.0. The third kappa shape index (κ3) is 4.64. The van der Waals surface area contributed by atoms with Crippen LogP contribution in [0.25, 0.3) is 0 Å². The summed E-state index contributed by atoms with van der Waals surface area (Å²) in [5.74, 6) is 0.357. The highest BCUT2D eigenvalue weighted by atomic mass is 16.5. The zero-order valence-corrected chi connectivity index (χ0v) is 11.0. The van der Waals surface area contributed by atoms with Crippen molar-refractivity contribution in [2.24, 2.45) is 11.3 Å². The van der Waals surface area contributed by atoms with Crippen LogP contribution in [0.15, 0.2) is 0 Å². The molecule has 0 bridgehead atoms. The molecule has 0 aromatic rings. The summed E-state index contributed by atoms with van der Waals surface area (Å²) in [4.78, 5) is 12.0. The number of aliphatic hydroxyl groups excluding tert-OH is 1. The lowest BCUT2D eigenvalue weighted by molar-refractivity contribution is -0.127. The number of amides is 1. The van der Waals surface area contributed by atoms with E-state index >= 15 is 0 Å². The highest BCUT2D eigenvalue weighted by Crippen LogP contribution is 2.42. The first-order chi connectivity index (χ1) is 8.08. The molecule has 0 heterocycles. The van der Waals surface area contributed by atoms with Crippen molar-refractivity contribution in [3.8, 4) is 0 Å². The van der Waals surface area contributed by atoms with Crippen molar-refractivity contribution in [1.29, 1.82) is 0 Å². The predicted octanol–water partition coefficient (Wildman–Crippen LogP) is 1.33. The van der Waals surface area contributed by atoms with Gasteiger partial charge in [-0.25, -0.2) is 0 Å². The monoisotopic (exact) mass is 243 g/mol. The van der Waals surface area contributed by atoms with Crippen molar-refractivity contribution in [3.63, 3.8) is 0 Å². The molecule has 1 amide bonds. The van der Waals surface area contributed by atoms with E-state index in [0.717, 1.165) is 25.7 Å². The molecule has 1 unspecified atom stereocenters. The minimum atomic E-state index is 0.0582. The summed E-state index contributed by atoms with van der Waals surface area (Å²) in [6.07, 6.45) is 4.12. The van der Waals surface area contributed by atoms with Gasteiger partial charge in [0.05, 0.1) is 13.2 Å². The molecule has 0 spiro atoms. The topological polar surface area (TPSA) is 58.6 Å². The number of aliphatic hydroxyl groups is 1. The van der Waals surface area contributed by atoms with Gasteiger partial charge in [0.1, 0.15) is 0 Å². The van der Waals surface area contributed by atoms with Gasteiger partial charge in [-0.15, -0.1) is 0 Å². The second-order valence-electron chi connectivity index (χ2n) is 5.41. The molecule has 0 aliphatic heterocycles. The van der Waals surface area contributed by atoms with Gasteiger partial charge < -0.3 is 15.2 Å². The van der Waals surface area contributed by atoms with Crippen LogP contribution in [0, 0.1) is 11.3 Å². The van der Waals surface area contributed by atoms with Gasteiger partial charge in [-0.2, -0.15) is 0 Å². The van der Waals surface area contributed by atoms with E-state index in [0.29, 0.717) is 19.8 Å². The van der Waals surface area contributed by atoms with Crippen LogP contribution in [0.3, 0.4) is 0 Å². The molecular weight excluding hydrogens is 218 g/mol. The zero-order valence-electron chi connectivity index (χ0n) is 11.0. The Kier molecular flexibility index (Phi) is 5.92. The van der Waals surface area contributed by atoms with Gasteiger partial charge in [0.25, 0.3) is 0 Å². The number of hydrogen-bond acceptors (Lipinski definition) is 3. The fraction of sp³-hybridized carbons (Fsp3) is 0.923. The summed E-state index contributed by atoms with van der Waals surface area (Å²) in [7, 11) is 0. The van der Waals surface area contributed by atoms with E-state index in [1.807, 2.05) is 0 Å². The summed E-state index contributed by atoms with van der Waals surface area (Å²) in [6.45, 7) is 6.04. The van der Waals surface area contributed by atoms with Gasteiger partial charge >= 0.3 is 0 Å². The minimum Gasteiger partial charge on any atom is -0.394 e. The number of hydrogen-bond donors (Lipinski definition) is 2. The Labute approximate surface area is 104 Å². The highest BCUT2D eigenvalue weighted by molar-refractivity contribution is 5.79. The number of carbonyl (C=O) groups excluding carboxylic acids is 1. The predicted molar refractivity (Wildman–Crippen MR) is 66.7 cm³/mol. The molecule has 0 aromatic heterocycles. The van der Waals surface area contributed by atoms with Crippen molar-refractivity contribution in [3.05, 3.63) is 0 Å². The van der Waals surface area contributed by atoms with Gasteiger partial charge in [-0.1, -0.05) is 20.3 Å². The Balaban J connectivity index is 2.13. The molecule has 100 valence electrons. The summed E-state index contributed by atoms with van der Waals surface area (Å²) >= 11 is 0. The van der Waals surface area contributed by atoms with E-state index in [1.165, 1.54) is 0 Å². The maximum atomic E-state index is 12.0. The van der Waals surface area contributed by atoms with E-state index in [9.17, 15) is 4.79 Å². The molecule has 1 atom stereocenters. The van der Waals surface area contributed by atoms with Crippen LogP contribution in [0.5, 0.6) is 0 Å². The van der Waals surface area contributed by atoms with Gasteiger partial charge in [-0.05, 0) is 24.7 Å². The molecule has 1 saturated carbocycles. The van der Waals surface area contributed by atoms with E-state index < -0.39 is 0 Å². The Hall–Kier alpha value is -0.610. The van der Waals surface area contributed by atoms with Crippen LogP contribution in [0.1, 0.15) is 39.5 Å². The Bertz CT molecular complexity index is 241. The van der Waals surface area contributed by atoms with E-state index in [1.54, 1.807) is 0 Å². The summed E-state index contributed by atoms with van der Waals surface area (Å²) in [5.41, 5.74) is 0.150. The number of rotatable bonds is 7. The summed E-state index contributed by atoms with van der Waals surface area (Å²) in [5, 5.41) is 11.5. The largest absolute Gasteiger partial charge is 0.394 e. The first-order valence-corrected chi connectivity index (χ1v) is 6.54. The van der Waals surface area contributed by atoms with Gasteiger partial charge in [0.2, 0.25) is 5.91 Å². The van der Waals surface area contributed by atoms with Crippen LogP contribution in [0.4, 0.5) is 0 Å². The van der Waals surface area contributed by atoms with Crippen LogP contribution in [0.2, 0.25) is 0 Å². The second kappa shape index (κ2) is 6.97. The Morgan fingerprint density at radius 3 is 2.82 bits per heavy atom. The molecule has 0 radical (unpaired) electrons. The lowest BCUT2D eigenvalue weighted by atomic mass is 9.81. The SMILES string of the molecule is CC1(C)CCCC1C(=O)NCCCOCCO. The molecule has 4 nitrogen and oxygen atoms in total. The van der Waals surface area contributed by atoms with E-state index in [2.05, 4.69) is 19.2 Å². The van der Waals surface area contributed by atoms with Crippen molar-refractivity contribution >= 4 is 5.91 Å².